The molecule has 0 spiro atoms. The Bertz CT molecular complexity index is 506. The van der Waals surface area contributed by atoms with Crippen LogP contribution in [0.1, 0.15) is 23.7 Å². The summed E-state index contributed by atoms with van der Waals surface area (Å²) in [6.07, 6.45) is 3.93. The largest absolute Gasteiger partial charge is 0.294 e. The van der Waals surface area contributed by atoms with Crippen LogP contribution < -0.4 is 0 Å². The molecule has 2 rings (SSSR count). The van der Waals surface area contributed by atoms with Gasteiger partial charge in [-0.05, 0) is 24.3 Å². The van der Waals surface area contributed by atoms with Gasteiger partial charge in [0.1, 0.15) is 0 Å². The Balaban J connectivity index is 2.57. The predicted octanol–water partition coefficient (Wildman–Crippen LogP) is 3.12. The van der Waals surface area contributed by atoms with Gasteiger partial charge in [-0.15, -0.1) is 0 Å². The maximum absolute atomic E-state index is 11.8. The van der Waals surface area contributed by atoms with Gasteiger partial charge >= 0.3 is 0 Å². The third-order valence-corrected chi connectivity index (χ3v) is 2.57. The Morgan fingerprint density at radius 2 is 2.31 bits per heavy atom. The Kier molecular flexibility index (Phi) is 3.06. The quantitative estimate of drug-likeness (QED) is 0.765. The average molecular weight is 235 g/mol. The molecule has 1 aromatic heterocycles. The lowest BCUT2D eigenvalue weighted by Crippen LogP contribution is -2.05. The summed E-state index contributed by atoms with van der Waals surface area (Å²) in [5.41, 5.74) is 1.37. The van der Waals surface area contributed by atoms with Crippen molar-refractivity contribution >= 4 is 17.4 Å². The molecule has 0 saturated heterocycles. The number of hydrogen-bond acceptors (Lipinski definition) is 2. The van der Waals surface area contributed by atoms with Crippen molar-refractivity contribution in [2.75, 3.05) is 0 Å². The molecule has 0 amide bonds. The fourth-order valence-electron chi connectivity index (χ4n) is 1.53. The lowest BCUT2D eigenvalue weighted by Gasteiger charge is -2.08. The molecular formula is C12H11ClN2O. The van der Waals surface area contributed by atoms with Gasteiger partial charge in [-0.25, -0.2) is 4.68 Å². The van der Waals surface area contributed by atoms with Crippen LogP contribution in [0.3, 0.4) is 0 Å². The van der Waals surface area contributed by atoms with Crippen molar-refractivity contribution in [3.05, 3.63) is 47.2 Å². The van der Waals surface area contributed by atoms with Gasteiger partial charge in [0.15, 0.2) is 5.78 Å². The number of halogens is 1. The third kappa shape index (κ3) is 1.99. The van der Waals surface area contributed by atoms with E-state index in [4.69, 9.17) is 11.6 Å². The summed E-state index contributed by atoms with van der Waals surface area (Å²) < 4.78 is 1.67. The molecule has 2 aromatic rings. The van der Waals surface area contributed by atoms with E-state index in [0.29, 0.717) is 17.0 Å². The second-order valence-electron chi connectivity index (χ2n) is 3.39. The van der Waals surface area contributed by atoms with E-state index in [-0.39, 0.29) is 5.78 Å². The summed E-state index contributed by atoms with van der Waals surface area (Å²) in [5.74, 6) is 0.0630. The summed E-state index contributed by atoms with van der Waals surface area (Å²) in [6.45, 7) is 1.83. The van der Waals surface area contributed by atoms with E-state index in [1.165, 1.54) is 0 Å². The highest BCUT2D eigenvalue weighted by Crippen LogP contribution is 2.20. The minimum Gasteiger partial charge on any atom is -0.294 e. The van der Waals surface area contributed by atoms with Crippen molar-refractivity contribution in [3.8, 4) is 5.69 Å². The van der Waals surface area contributed by atoms with Crippen LogP contribution in [0.5, 0.6) is 0 Å². The topological polar surface area (TPSA) is 34.9 Å². The molecule has 0 fully saturated rings. The molecule has 0 unspecified atom stereocenters. The number of Topliss-reactive ketones (excluding diaryl/α,β-unsaturated/α-hetero) is 1. The van der Waals surface area contributed by atoms with Gasteiger partial charge in [0.25, 0.3) is 0 Å². The molecule has 0 saturated carbocycles. The van der Waals surface area contributed by atoms with Crippen molar-refractivity contribution in [1.82, 2.24) is 9.78 Å². The summed E-state index contributed by atoms with van der Waals surface area (Å²) in [4.78, 5) is 11.8. The van der Waals surface area contributed by atoms with E-state index in [1.54, 1.807) is 35.3 Å². The van der Waals surface area contributed by atoms with E-state index in [9.17, 15) is 4.79 Å². The molecule has 3 nitrogen and oxygen atoms in total. The monoisotopic (exact) mass is 234 g/mol. The molecule has 0 aliphatic heterocycles. The lowest BCUT2D eigenvalue weighted by atomic mass is 10.1. The van der Waals surface area contributed by atoms with Crippen LogP contribution in [0.25, 0.3) is 5.69 Å². The summed E-state index contributed by atoms with van der Waals surface area (Å²) >= 11 is 5.90. The SMILES string of the molecule is CCC(=O)c1cc(Cl)ccc1-n1cccn1. The Labute approximate surface area is 98.7 Å². The average Bonchev–Trinajstić information content (AvgIpc) is 2.81. The Hall–Kier alpha value is -1.61. The molecule has 0 bridgehead atoms. The first-order valence-corrected chi connectivity index (χ1v) is 5.43. The second kappa shape index (κ2) is 4.49. The number of hydrogen-bond donors (Lipinski definition) is 0. The predicted molar refractivity (Wildman–Crippen MR) is 63.2 cm³/mol. The van der Waals surface area contributed by atoms with E-state index >= 15 is 0 Å². The zero-order valence-corrected chi connectivity index (χ0v) is 9.61. The molecule has 16 heavy (non-hydrogen) atoms. The Morgan fingerprint density at radius 1 is 1.50 bits per heavy atom. The van der Waals surface area contributed by atoms with Crippen LogP contribution in [-0.2, 0) is 0 Å². The molecular weight excluding hydrogens is 224 g/mol. The smallest absolute Gasteiger partial charge is 0.164 e. The van der Waals surface area contributed by atoms with E-state index in [0.717, 1.165) is 5.69 Å². The van der Waals surface area contributed by atoms with Crippen molar-refractivity contribution in [2.45, 2.75) is 13.3 Å². The van der Waals surface area contributed by atoms with Gasteiger partial charge in [-0.3, -0.25) is 4.79 Å². The molecule has 0 aliphatic rings. The molecule has 1 heterocycles. The summed E-state index contributed by atoms with van der Waals surface area (Å²) in [7, 11) is 0. The van der Waals surface area contributed by atoms with Crippen molar-refractivity contribution in [1.29, 1.82) is 0 Å². The number of nitrogens with zero attached hydrogens (tertiary/aromatic N) is 2. The van der Waals surface area contributed by atoms with Crippen LogP contribution in [0.4, 0.5) is 0 Å². The summed E-state index contributed by atoms with van der Waals surface area (Å²) in [6, 6.07) is 7.06. The fourth-order valence-corrected chi connectivity index (χ4v) is 1.71. The number of rotatable bonds is 3. The molecule has 0 atom stereocenters. The molecule has 0 N–H and O–H groups in total. The third-order valence-electron chi connectivity index (χ3n) is 2.33. The highest BCUT2D eigenvalue weighted by Gasteiger charge is 2.11. The summed E-state index contributed by atoms with van der Waals surface area (Å²) in [5, 5.41) is 4.68. The van der Waals surface area contributed by atoms with E-state index < -0.39 is 0 Å². The minimum absolute atomic E-state index is 0.0630. The van der Waals surface area contributed by atoms with Crippen molar-refractivity contribution in [3.63, 3.8) is 0 Å². The Morgan fingerprint density at radius 3 is 2.94 bits per heavy atom. The van der Waals surface area contributed by atoms with Crippen molar-refractivity contribution in [2.24, 2.45) is 0 Å². The van der Waals surface area contributed by atoms with Crippen LogP contribution >= 0.6 is 11.6 Å². The number of ketones is 1. The molecule has 0 aliphatic carbocycles. The standard InChI is InChI=1S/C12H11ClN2O/c1-2-12(16)10-8-9(13)4-5-11(10)15-7-3-6-14-15/h3-8H,2H2,1H3. The number of carbonyl (C=O) groups excluding carboxylic acids is 1. The normalized spacial score (nSPS) is 10.4. The second-order valence-corrected chi connectivity index (χ2v) is 3.83. The van der Waals surface area contributed by atoms with E-state index in [2.05, 4.69) is 5.10 Å². The first kappa shape index (κ1) is 10.9. The van der Waals surface area contributed by atoms with Crippen molar-refractivity contribution < 1.29 is 4.79 Å². The zero-order chi connectivity index (χ0) is 11.5. The first-order valence-electron chi connectivity index (χ1n) is 5.05. The molecule has 0 radical (unpaired) electrons. The minimum atomic E-state index is 0.0630. The van der Waals surface area contributed by atoms with Crippen LogP contribution in [0.2, 0.25) is 5.02 Å². The lowest BCUT2D eigenvalue weighted by molar-refractivity contribution is 0.0988. The molecule has 4 heteroatoms. The first-order chi connectivity index (χ1) is 7.72. The van der Waals surface area contributed by atoms with E-state index in [1.807, 2.05) is 13.0 Å². The van der Waals surface area contributed by atoms with Crippen LogP contribution in [0.15, 0.2) is 36.7 Å². The zero-order valence-electron chi connectivity index (χ0n) is 8.85. The van der Waals surface area contributed by atoms with Gasteiger partial charge < -0.3 is 0 Å². The van der Waals surface area contributed by atoms with Gasteiger partial charge in [-0.2, -0.15) is 5.10 Å². The number of carbonyl (C=O) groups is 1. The van der Waals surface area contributed by atoms with Gasteiger partial charge in [0, 0.05) is 29.4 Å². The number of benzene rings is 1. The van der Waals surface area contributed by atoms with Gasteiger partial charge in [-0.1, -0.05) is 18.5 Å². The number of aromatic nitrogens is 2. The maximum Gasteiger partial charge on any atom is 0.164 e. The maximum atomic E-state index is 11.8. The van der Waals surface area contributed by atoms with Crippen LogP contribution in [-0.4, -0.2) is 15.6 Å². The van der Waals surface area contributed by atoms with Gasteiger partial charge in [0.2, 0.25) is 0 Å². The van der Waals surface area contributed by atoms with Crippen LogP contribution in [0, 0.1) is 0 Å². The molecule has 1 aromatic carbocycles. The highest BCUT2D eigenvalue weighted by molar-refractivity contribution is 6.31. The highest BCUT2D eigenvalue weighted by atomic mass is 35.5. The fraction of sp³-hybridized carbons (Fsp3) is 0.167. The molecule has 82 valence electrons. The van der Waals surface area contributed by atoms with Gasteiger partial charge in [0.05, 0.1) is 5.69 Å².